The fourth-order valence-electron chi connectivity index (χ4n) is 2.24. The highest BCUT2D eigenvalue weighted by Crippen LogP contribution is 2.16. The number of carbonyl (C=O) groups excluding carboxylic acids is 3. The molecule has 0 bridgehead atoms. The average Bonchev–Trinajstić information content (AvgIpc) is 2.71. The normalized spacial score (nSPS) is 12.7. The number of aromatic nitrogens is 2. The number of methoxy groups -OCH3 is 1. The van der Waals surface area contributed by atoms with Crippen LogP contribution in [-0.2, 0) is 28.6 Å². The molecule has 2 aromatic rings. The van der Waals surface area contributed by atoms with Crippen LogP contribution in [-0.4, -0.2) is 53.6 Å². The Bertz CT molecular complexity index is 870. The molecule has 1 heterocycles. The van der Waals surface area contributed by atoms with Crippen molar-refractivity contribution in [1.82, 2.24) is 10.2 Å². The maximum atomic E-state index is 11.9. The predicted octanol–water partition coefficient (Wildman–Crippen LogP) is 1.58. The van der Waals surface area contributed by atoms with Gasteiger partial charge >= 0.3 is 17.9 Å². The molecule has 1 aromatic heterocycles. The fraction of sp³-hybridized carbons (Fsp3) is 0.263. The van der Waals surface area contributed by atoms with Gasteiger partial charge in [-0.3, -0.25) is 15.0 Å². The molecule has 0 radical (unpaired) electrons. The molecule has 10 heteroatoms. The first-order valence-electron chi connectivity index (χ1n) is 8.51. The van der Waals surface area contributed by atoms with Gasteiger partial charge in [0.15, 0.2) is 11.9 Å². The topological polar surface area (TPSA) is 129 Å². The molecule has 0 saturated heterocycles. The summed E-state index contributed by atoms with van der Waals surface area (Å²) in [6.45, 7) is 2.25. The second-order valence-electron chi connectivity index (χ2n) is 5.69. The van der Waals surface area contributed by atoms with Gasteiger partial charge in [0.2, 0.25) is 6.10 Å². The first kappa shape index (κ1) is 21.5. The van der Waals surface area contributed by atoms with Crippen LogP contribution in [0.2, 0.25) is 0 Å². The molecule has 1 aromatic carbocycles. The molecular formula is C19H20N4O6. The van der Waals surface area contributed by atoms with Crippen molar-refractivity contribution in [3.05, 3.63) is 42.5 Å². The Labute approximate surface area is 166 Å². The van der Waals surface area contributed by atoms with E-state index in [-0.39, 0.29) is 0 Å². The van der Waals surface area contributed by atoms with Crippen LogP contribution in [0.25, 0.3) is 11.3 Å². The van der Waals surface area contributed by atoms with Gasteiger partial charge in [-0.2, -0.15) is 5.10 Å². The van der Waals surface area contributed by atoms with Gasteiger partial charge in [0.05, 0.1) is 19.0 Å². The quantitative estimate of drug-likeness (QED) is 0.304. The summed E-state index contributed by atoms with van der Waals surface area (Å²) < 4.78 is 14.5. The summed E-state index contributed by atoms with van der Waals surface area (Å²) in [7, 11) is 1.11. The van der Waals surface area contributed by atoms with Crippen molar-refractivity contribution >= 4 is 29.9 Å². The molecule has 29 heavy (non-hydrogen) atoms. The van der Waals surface area contributed by atoms with E-state index < -0.39 is 30.1 Å². The van der Waals surface area contributed by atoms with Gasteiger partial charge in [0, 0.05) is 19.4 Å². The van der Waals surface area contributed by atoms with Crippen molar-refractivity contribution in [3.8, 4) is 11.3 Å². The third-order valence-corrected chi connectivity index (χ3v) is 3.46. The van der Waals surface area contributed by atoms with Gasteiger partial charge in [-0.1, -0.05) is 30.3 Å². The van der Waals surface area contributed by atoms with Crippen LogP contribution < -0.4 is 5.43 Å². The first-order chi connectivity index (χ1) is 13.9. The molecule has 0 aliphatic carbocycles. The number of hydrogen-bond acceptors (Lipinski definition) is 10. The van der Waals surface area contributed by atoms with Gasteiger partial charge in [-0.05, 0) is 12.1 Å². The third kappa shape index (κ3) is 6.69. The van der Waals surface area contributed by atoms with Gasteiger partial charge in [-0.25, -0.2) is 4.79 Å². The van der Waals surface area contributed by atoms with E-state index in [0.29, 0.717) is 11.5 Å². The van der Waals surface area contributed by atoms with E-state index in [1.165, 1.54) is 0 Å². The molecule has 0 saturated carbocycles. The van der Waals surface area contributed by atoms with Crippen molar-refractivity contribution in [2.45, 2.75) is 26.1 Å². The predicted molar refractivity (Wildman–Crippen MR) is 103 cm³/mol. The number of rotatable bonds is 8. The lowest BCUT2D eigenvalue weighted by Crippen LogP contribution is -2.42. The zero-order valence-electron chi connectivity index (χ0n) is 16.1. The zero-order valence-corrected chi connectivity index (χ0v) is 16.1. The maximum Gasteiger partial charge on any atom is 0.351 e. The standard InChI is InChI=1S/C19H20N4O6/c1-12(24)28-16(18(19(26)27-3)29-13(2)25)11-20-22-17-10-9-15(21-23-17)14-7-5-4-6-8-14/h4-11,16,18H,1-3H3,(H,22,23)/b20-11+/t16-,18+/m0/s1. The number of carbonyl (C=O) groups is 3. The summed E-state index contributed by atoms with van der Waals surface area (Å²) >= 11 is 0. The molecule has 0 fully saturated rings. The Hall–Kier alpha value is -3.82. The molecule has 0 aliphatic heterocycles. The summed E-state index contributed by atoms with van der Waals surface area (Å²) in [5.74, 6) is -2.04. The summed E-state index contributed by atoms with van der Waals surface area (Å²) in [6, 6.07) is 12.9. The van der Waals surface area contributed by atoms with Gasteiger partial charge in [0.25, 0.3) is 0 Å². The van der Waals surface area contributed by atoms with E-state index in [9.17, 15) is 14.4 Å². The summed E-state index contributed by atoms with van der Waals surface area (Å²) in [6.07, 6.45) is -1.70. The van der Waals surface area contributed by atoms with Gasteiger partial charge in [0.1, 0.15) is 0 Å². The van der Waals surface area contributed by atoms with E-state index in [1.807, 2.05) is 30.3 Å². The van der Waals surface area contributed by atoms with E-state index in [1.54, 1.807) is 12.1 Å². The number of anilines is 1. The lowest BCUT2D eigenvalue weighted by atomic mass is 10.1. The lowest BCUT2D eigenvalue weighted by molar-refractivity contribution is -0.174. The Morgan fingerprint density at radius 2 is 1.69 bits per heavy atom. The molecule has 152 valence electrons. The number of hydrogen-bond donors (Lipinski definition) is 1. The molecule has 0 amide bonds. The number of ether oxygens (including phenoxy) is 3. The summed E-state index contributed by atoms with van der Waals surface area (Å²) in [4.78, 5) is 34.5. The smallest absolute Gasteiger partial charge is 0.351 e. The van der Waals surface area contributed by atoms with Crippen molar-refractivity contribution in [2.75, 3.05) is 12.5 Å². The minimum absolute atomic E-state index is 0.310. The van der Waals surface area contributed by atoms with Crippen molar-refractivity contribution in [1.29, 1.82) is 0 Å². The fourth-order valence-corrected chi connectivity index (χ4v) is 2.24. The minimum Gasteiger partial charge on any atom is -0.466 e. The second-order valence-corrected chi connectivity index (χ2v) is 5.69. The van der Waals surface area contributed by atoms with Crippen molar-refractivity contribution in [3.63, 3.8) is 0 Å². The summed E-state index contributed by atoms with van der Waals surface area (Å²) in [5.41, 5.74) is 4.19. The summed E-state index contributed by atoms with van der Waals surface area (Å²) in [5, 5.41) is 12.0. The third-order valence-electron chi connectivity index (χ3n) is 3.46. The van der Waals surface area contributed by atoms with Crippen molar-refractivity contribution in [2.24, 2.45) is 5.10 Å². The van der Waals surface area contributed by atoms with E-state index in [4.69, 9.17) is 9.47 Å². The highest BCUT2D eigenvalue weighted by molar-refractivity contribution is 5.85. The monoisotopic (exact) mass is 400 g/mol. The molecule has 0 spiro atoms. The van der Waals surface area contributed by atoms with Gasteiger partial charge < -0.3 is 14.2 Å². The number of hydrazone groups is 1. The second kappa shape index (κ2) is 10.5. The largest absolute Gasteiger partial charge is 0.466 e. The average molecular weight is 400 g/mol. The molecular weight excluding hydrogens is 380 g/mol. The SMILES string of the molecule is COC(=O)[C@H](OC(C)=O)[C@H](/C=N/Nc1ccc(-c2ccccc2)nn1)OC(C)=O. The zero-order chi connectivity index (χ0) is 21.2. The van der Waals surface area contributed by atoms with E-state index >= 15 is 0 Å². The number of esters is 3. The van der Waals surface area contributed by atoms with Crippen LogP contribution in [0.5, 0.6) is 0 Å². The molecule has 0 unspecified atom stereocenters. The molecule has 10 nitrogen and oxygen atoms in total. The lowest BCUT2D eigenvalue weighted by Gasteiger charge is -2.21. The van der Waals surface area contributed by atoms with E-state index in [2.05, 4.69) is 25.5 Å². The Morgan fingerprint density at radius 1 is 1.00 bits per heavy atom. The van der Waals surface area contributed by atoms with E-state index in [0.717, 1.165) is 32.7 Å². The molecule has 2 atom stereocenters. The Morgan fingerprint density at radius 3 is 2.24 bits per heavy atom. The number of benzene rings is 1. The Balaban J connectivity index is 2.11. The van der Waals surface area contributed by atoms with Crippen LogP contribution in [0, 0.1) is 0 Å². The van der Waals surface area contributed by atoms with Crippen LogP contribution in [0.1, 0.15) is 13.8 Å². The van der Waals surface area contributed by atoms with Crippen LogP contribution in [0.3, 0.4) is 0 Å². The minimum atomic E-state index is -1.50. The molecule has 2 rings (SSSR count). The number of nitrogens with zero attached hydrogens (tertiary/aromatic N) is 3. The van der Waals surface area contributed by atoms with Gasteiger partial charge in [-0.15, -0.1) is 10.2 Å². The maximum absolute atomic E-state index is 11.9. The number of nitrogens with one attached hydrogen (secondary N) is 1. The highest BCUT2D eigenvalue weighted by atomic mass is 16.6. The molecule has 0 aliphatic rings. The van der Waals surface area contributed by atoms with Crippen LogP contribution >= 0.6 is 0 Å². The van der Waals surface area contributed by atoms with Crippen molar-refractivity contribution < 1.29 is 28.6 Å². The van der Waals surface area contributed by atoms with Crippen LogP contribution in [0.15, 0.2) is 47.6 Å². The first-order valence-corrected chi connectivity index (χ1v) is 8.51. The van der Waals surface area contributed by atoms with Crippen LogP contribution in [0.4, 0.5) is 5.82 Å². The Kier molecular flexibility index (Phi) is 7.78. The molecule has 1 N–H and O–H groups in total. The highest BCUT2D eigenvalue weighted by Gasteiger charge is 2.34.